The number of hydrogen-bond donors (Lipinski definition) is 2. The van der Waals surface area contributed by atoms with Crippen LogP contribution in [-0.2, 0) is 0 Å². The monoisotopic (exact) mass is 271 g/mol. The number of benzene rings is 1. The fraction of sp³-hybridized carbons (Fsp3) is 0.417. The first-order valence-corrected chi connectivity index (χ1v) is 6.98. The Morgan fingerprint density at radius 3 is 2.76 bits per heavy atom. The number of carbonyl (C=O) groups is 1. The molecule has 1 aromatic rings. The zero-order valence-electron chi connectivity index (χ0n) is 9.50. The Morgan fingerprint density at radius 2 is 2.29 bits per heavy atom. The van der Waals surface area contributed by atoms with Crippen LogP contribution in [0.3, 0.4) is 0 Å². The highest BCUT2D eigenvalue weighted by atomic mass is 35.5. The zero-order chi connectivity index (χ0) is 12.5. The second-order valence-corrected chi connectivity index (χ2v) is 5.92. The Hall–Kier alpha value is -0.870. The second-order valence-electron chi connectivity index (χ2n) is 4.24. The summed E-state index contributed by atoms with van der Waals surface area (Å²) in [7, 11) is 0. The van der Waals surface area contributed by atoms with Crippen molar-refractivity contribution in [2.24, 2.45) is 0 Å². The van der Waals surface area contributed by atoms with Gasteiger partial charge in [0.2, 0.25) is 0 Å². The van der Waals surface area contributed by atoms with Crippen LogP contribution >= 0.6 is 23.4 Å². The number of rotatable bonds is 5. The molecule has 1 saturated carbocycles. The van der Waals surface area contributed by atoms with Gasteiger partial charge in [-0.3, -0.25) is 0 Å². The molecule has 0 aliphatic heterocycles. The molecule has 1 fully saturated rings. The van der Waals surface area contributed by atoms with E-state index in [1.165, 1.54) is 18.9 Å². The third-order valence-corrected chi connectivity index (χ3v) is 4.79. The highest BCUT2D eigenvalue weighted by Gasteiger charge is 2.41. The van der Waals surface area contributed by atoms with Crippen LogP contribution in [0.5, 0.6) is 0 Å². The molecule has 0 aromatic heterocycles. The summed E-state index contributed by atoms with van der Waals surface area (Å²) in [6.45, 7) is 0.900. The molecule has 0 saturated heterocycles. The summed E-state index contributed by atoms with van der Waals surface area (Å²) < 4.78 is 0.373. The fourth-order valence-electron chi connectivity index (χ4n) is 1.65. The van der Waals surface area contributed by atoms with Crippen molar-refractivity contribution in [2.75, 3.05) is 18.1 Å². The van der Waals surface area contributed by atoms with E-state index >= 15 is 0 Å². The van der Waals surface area contributed by atoms with Crippen LogP contribution in [0.1, 0.15) is 23.2 Å². The van der Waals surface area contributed by atoms with Crippen molar-refractivity contribution in [3.05, 3.63) is 28.8 Å². The van der Waals surface area contributed by atoms with Crippen LogP contribution in [0.2, 0.25) is 5.02 Å². The molecule has 1 aliphatic rings. The quantitative estimate of drug-likeness (QED) is 0.862. The molecule has 92 valence electrons. The van der Waals surface area contributed by atoms with Gasteiger partial charge in [0.15, 0.2) is 0 Å². The maximum atomic E-state index is 10.8. The van der Waals surface area contributed by atoms with Crippen LogP contribution < -0.4 is 5.32 Å². The fourth-order valence-corrected chi connectivity index (χ4v) is 2.64. The number of hydrogen-bond acceptors (Lipinski definition) is 3. The predicted octanol–water partition coefficient (Wildman–Crippen LogP) is 3.35. The van der Waals surface area contributed by atoms with E-state index < -0.39 is 5.97 Å². The Morgan fingerprint density at radius 1 is 1.59 bits per heavy atom. The summed E-state index contributed by atoms with van der Waals surface area (Å²) in [5.74, 6) is -0.996. The average Bonchev–Trinajstić information content (AvgIpc) is 3.07. The largest absolute Gasteiger partial charge is 0.478 e. The van der Waals surface area contributed by atoms with Crippen molar-refractivity contribution >= 4 is 35.0 Å². The number of aromatic carboxylic acids is 1. The molecule has 17 heavy (non-hydrogen) atoms. The molecule has 0 unspecified atom stereocenters. The van der Waals surface area contributed by atoms with E-state index in [9.17, 15) is 4.79 Å². The van der Waals surface area contributed by atoms with Crippen molar-refractivity contribution in [3.63, 3.8) is 0 Å². The van der Waals surface area contributed by atoms with Gasteiger partial charge in [0.25, 0.3) is 0 Å². The number of nitrogens with one attached hydrogen (secondary N) is 1. The molecule has 2 rings (SSSR count). The van der Waals surface area contributed by atoms with E-state index in [1.54, 1.807) is 12.1 Å². The normalized spacial score (nSPS) is 16.6. The van der Waals surface area contributed by atoms with Gasteiger partial charge in [-0.15, -0.1) is 0 Å². The summed E-state index contributed by atoms with van der Waals surface area (Å²) in [5, 5.41) is 12.4. The number of carboxylic acid groups (broad SMARTS) is 1. The van der Waals surface area contributed by atoms with E-state index in [4.69, 9.17) is 16.7 Å². The van der Waals surface area contributed by atoms with E-state index in [-0.39, 0.29) is 10.6 Å². The lowest BCUT2D eigenvalue weighted by Crippen LogP contribution is -2.17. The standard InChI is InChI=1S/C12H14ClNO2S/c1-17-12(4-5-12)7-14-8-2-3-9(11(15)16)10(13)6-8/h2-3,6,14H,4-5,7H2,1H3,(H,15,16). The minimum absolute atomic E-state index is 0.142. The topological polar surface area (TPSA) is 49.3 Å². The minimum atomic E-state index is -0.996. The maximum absolute atomic E-state index is 10.8. The molecule has 1 aromatic carbocycles. The lowest BCUT2D eigenvalue weighted by Gasteiger charge is -2.14. The smallest absolute Gasteiger partial charge is 0.337 e. The molecule has 2 N–H and O–H groups in total. The Kier molecular flexibility index (Phi) is 3.54. The van der Waals surface area contributed by atoms with Crippen molar-refractivity contribution in [1.82, 2.24) is 0 Å². The third-order valence-electron chi connectivity index (χ3n) is 3.05. The first-order valence-electron chi connectivity index (χ1n) is 5.38. The van der Waals surface area contributed by atoms with Gasteiger partial charge in [-0.25, -0.2) is 4.79 Å². The summed E-state index contributed by atoms with van der Waals surface area (Å²) in [6.07, 6.45) is 4.60. The lowest BCUT2D eigenvalue weighted by molar-refractivity contribution is 0.0697. The van der Waals surface area contributed by atoms with E-state index in [1.807, 2.05) is 11.8 Å². The van der Waals surface area contributed by atoms with Crippen molar-refractivity contribution in [2.45, 2.75) is 17.6 Å². The number of carboxylic acids is 1. The van der Waals surface area contributed by atoms with Gasteiger partial charge in [-0.05, 0) is 37.3 Å². The molecule has 1 aliphatic carbocycles. The van der Waals surface area contributed by atoms with Gasteiger partial charge < -0.3 is 10.4 Å². The van der Waals surface area contributed by atoms with Crippen LogP contribution in [0.15, 0.2) is 18.2 Å². The summed E-state index contributed by atoms with van der Waals surface area (Å²) >= 11 is 7.78. The van der Waals surface area contributed by atoms with Gasteiger partial charge in [-0.2, -0.15) is 11.8 Å². The van der Waals surface area contributed by atoms with Crippen LogP contribution in [0.25, 0.3) is 0 Å². The molecule has 3 nitrogen and oxygen atoms in total. The minimum Gasteiger partial charge on any atom is -0.478 e. The molecule has 0 bridgehead atoms. The van der Waals surface area contributed by atoms with E-state index in [0.717, 1.165) is 12.2 Å². The van der Waals surface area contributed by atoms with E-state index in [2.05, 4.69) is 11.6 Å². The Balaban J connectivity index is 2.03. The van der Waals surface area contributed by atoms with E-state index in [0.29, 0.717) is 4.75 Å². The SMILES string of the molecule is CSC1(CNc2ccc(C(=O)O)c(Cl)c2)CC1. The summed E-state index contributed by atoms with van der Waals surface area (Å²) in [6, 6.07) is 4.96. The molecular formula is C12H14ClNO2S. The van der Waals surface area contributed by atoms with Crippen LogP contribution in [-0.4, -0.2) is 28.6 Å². The predicted molar refractivity (Wildman–Crippen MR) is 72.4 cm³/mol. The first kappa shape index (κ1) is 12.6. The Labute approximate surface area is 110 Å². The molecular weight excluding hydrogens is 258 g/mol. The maximum Gasteiger partial charge on any atom is 0.337 e. The molecule has 0 atom stereocenters. The highest BCUT2D eigenvalue weighted by Crippen LogP contribution is 2.47. The molecule has 0 amide bonds. The molecule has 0 radical (unpaired) electrons. The molecule has 0 spiro atoms. The van der Waals surface area contributed by atoms with Crippen LogP contribution in [0, 0.1) is 0 Å². The number of thioether (sulfide) groups is 1. The number of anilines is 1. The zero-order valence-corrected chi connectivity index (χ0v) is 11.1. The second kappa shape index (κ2) is 4.78. The van der Waals surface area contributed by atoms with Gasteiger partial charge >= 0.3 is 5.97 Å². The first-order chi connectivity index (χ1) is 8.06. The van der Waals surface area contributed by atoms with Gasteiger partial charge in [0.05, 0.1) is 10.6 Å². The van der Waals surface area contributed by atoms with Gasteiger partial charge in [-0.1, -0.05) is 11.6 Å². The van der Waals surface area contributed by atoms with Gasteiger partial charge in [0.1, 0.15) is 0 Å². The lowest BCUT2D eigenvalue weighted by atomic mass is 10.2. The number of halogens is 1. The van der Waals surface area contributed by atoms with Crippen molar-refractivity contribution < 1.29 is 9.90 Å². The van der Waals surface area contributed by atoms with Gasteiger partial charge in [0, 0.05) is 17.0 Å². The summed E-state index contributed by atoms with van der Waals surface area (Å²) in [4.78, 5) is 10.8. The Bertz CT molecular complexity index is 446. The highest BCUT2D eigenvalue weighted by molar-refractivity contribution is 8.00. The van der Waals surface area contributed by atoms with Crippen LogP contribution in [0.4, 0.5) is 5.69 Å². The third kappa shape index (κ3) is 2.87. The van der Waals surface area contributed by atoms with Crippen molar-refractivity contribution in [3.8, 4) is 0 Å². The average molecular weight is 272 g/mol. The van der Waals surface area contributed by atoms with Crippen molar-refractivity contribution in [1.29, 1.82) is 0 Å². The molecule has 0 heterocycles. The molecule has 5 heteroatoms. The summed E-state index contributed by atoms with van der Waals surface area (Å²) in [5.41, 5.74) is 1.02.